The molecule has 1 N–H and O–H groups in total. The third-order valence-corrected chi connectivity index (χ3v) is 17.5. The molecule has 0 amide bonds. The minimum Gasteiger partial charge on any atom is -0.379 e. The van der Waals surface area contributed by atoms with E-state index in [9.17, 15) is 5.11 Å². The third kappa shape index (κ3) is 62.3. The summed E-state index contributed by atoms with van der Waals surface area (Å²) in [6, 6.07) is 0. The molecule has 0 rings (SSSR count). The number of nitrogens with zero attached hydrogens (tertiary/aromatic N) is 1. The Kier molecular flexibility index (Phi) is 71.0. The van der Waals surface area contributed by atoms with E-state index in [1.165, 1.54) is 360 Å². The van der Waals surface area contributed by atoms with Crippen molar-refractivity contribution >= 4 is 0 Å². The SMILES string of the molecule is CCCCCCCCCCCCCCCCCCOC(COCCCCCCCCCCCCCCCC)N(C(C)O)C(COCCCCCCCCCCCCCCCC)OCCCCCCCCCCCCCCCCCC. The quantitative estimate of drug-likeness (QED) is 0.0484. The minimum absolute atomic E-state index is 0.376. The molecule has 482 valence electrons. The molecule has 80 heavy (non-hydrogen) atoms. The van der Waals surface area contributed by atoms with Crippen LogP contribution in [0.25, 0.3) is 0 Å². The molecular weight excluding hydrogens is 983 g/mol. The van der Waals surface area contributed by atoms with Crippen molar-refractivity contribution in [3.8, 4) is 0 Å². The summed E-state index contributed by atoms with van der Waals surface area (Å²) < 4.78 is 26.5. The third-order valence-electron chi connectivity index (χ3n) is 17.5. The lowest BCUT2D eigenvalue weighted by Crippen LogP contribution is -2.54. The van der Waals surface area contributed by atoms with E-state index in [-0.39, 0.29) is 12.5 Å². The van der Waals surface area contributed by atoms with Crippen LogP contribution in [-0.2, 0) is 18.9 Å². The maximum Gasteiger partial charge on any atom is 0.138 e. The van der Waals surface area contributed by atoms with E-state index in [1.807, 2.05) is 6.92 Å². The molecule has 3 unspecified atom stereocenters. The highest BCUT2D eigenvalue weighted by atomic mass is 16.6. The van der Waals surface area contributed by atoms with Crippen molar-refractivity contribution in [2.24, 2.45) is 0 Å². The van der Waals surface area contributed by atoms with Gasteiger partial charge in [-0.2, -0.15) is 0 Å². The molecule has 6 nitrogen and oxygen atoms in total. The summed E-state index contributed by atoms with van der Waals surface area (Å²) >= 11 is 0. The van der Waals surface area contributed by atoms with Crippen molar-refractivity contribution in [2.75, 3.05) is 39.6 Å². The number of aliphatic hydroxyl groups is 1. The Labute approximate surface area is 504 Å². The average Bonchev–Trinajstić information content (AvgIpc) is 3.46. The van der Waals surface area contributed by atoms with Gasteiger partial charge < -0.3 is 24.1 Å². The standard InChI is InChI=1S/C74H151NO5/c1-6-10-14-18-22-26-30-34-38-40-44-48-52-56-60-64-68-79-73(70-77-66-62-58-54-50-46-42-36-32-28-24-20-16-12-8-3)75(72(5)76)74(71-78-67-63-59-55-51-47-43-37-33-29-25-21-17-13-9-4)80-69-65-61-57-53-49-45-41-39-35-31-27-23-19-15-11-7-2/h72-74,76H,6-71H2,1-5H3. The Morgan fingerprint density at radius 2 is 0.375 bits per heavy atom. The highest BCUT2D eigenvalue weighted by molar-refractivity contribution is 4.71. The number of hydrogen-bond acceptors (Lipinski definition) is 6. The first kappa shape index (κ1) is 79.8. The topological polar surface area (TPSA) is 60.4 Å². The normalized spacial score (nSPS) is 13.1. The van der Waals surface area contributed by atoms with E-state index >= 15 is 0 Å². The second-order valence-corrected chi connectivity index (χ2v) is 25.7. The molecule has 0 aromatic rings. The maximum atomic E-state index is 11.6. The van der Waals surface area contributed by atoms with Crippen LogP contribution in [0.3, 0.4) is 0 Å². The van der Waals surface area contributed by atoms with Gasteiger partial charge in [0.05, 0.1) is 13.2 Å². The first-order valence-electron chi connectivity index (χ1n) is 37.5. The van der Waals surface area contributed by atoms with Gasteiger partial charge in [-0.3, -0.25) is 0 Å². The summed E-state index contributed by atoms with van der Waals surface area (Å²) in [4.78, 5) is 2.05. The van der Waals surface area contributed by atoms with Gasteiger partial charge in [-0.25, -0.2) is 4.90 Å². The lowest BCUT2D eigenvalue weighted by atomic mass is 10.0. The van der Waals surface area contributed by atoms with E-state index in [0.717, 1.165) is 38.9 Å². The molecule has 0 saturated carbocycles. The Morgan fingerprint density at radius 1 is 0.225 bits per heavy atom. The van der Waals surface area contributed by atoms with E-state index < -0.39 is 6.23 Å². The van der Waals surface area contributed by atoms with Crippen LogP contribution in [0.4, 0.5) is 0 Å². The van der Waals surface area contributed by atoms with E-state index in [0.29, 0.717) is 26.4 Å². The Bertz CT molecular complexity index is 997. The van der Waals surface area contributed by atoms with E-state index in [1.54, 1.807) is 0 Å². The summed E-state index contributed by atoms with van der Waals surface area (Å²) in [5, 5.41) is 11.6. The molecule has 0 bridgehead atoms. The highest BCUT2D eigenvalue weighted by Gasteiger charge is 2.32. The van der Waals surface area contributed by atoms with Crippen molar-refractivity contribution in [2.45, 2.75) is 439 Å². The molecule has 6 heteroatoms. The van der Waals surface area contributed by atoms with Crippen molar-refractivity contribution in [1.82, 2.24) is 4.90 Å². The zero-order valence-corrected chi connectivity index (χ0v) is 55.9. The molecule has 0 aliphatic rings. The van der Waals surface area contributed by atoms with Gasteiger partial charge in [-0.15, -0.1) is 0 Å². The zero-order valence-electron chi connectivity index (χ0n) is 55.9. The van der Waals surface area contributed by atoms with Crippen LogP contribution in [-0.4, -0.2) is 68.3 Å². The van der Waals surface area contributed by atoms with Gasteiger partial charge >= 0.3 is 0 Å². The Hall–Kier alpha value is -0.240. The lowest BCUT2D eigenvalue weighted by Gasteiger charge is -2.39. The number of ether oxygens (including phenoxy) is 4. The van der Waals surface area contributed by atoms with E-state index in [4.69, 9.17) is 18.9 Å². The van der Waals surface area contributed by atoms with Gasteiger partial charge in [0.1, 0.15) is 18.7 Å². The maximum absolute atomic E-state index is 11.6. The molecule has 0 fully saturated rings. The predicted molar refractivity (Wildman–Crippen MR) is 354 cm³/mol. The van der Waals surface area contributed by atoms with Gasteiger partial charge in [-0.05, 0) is 32.6 Å². The number of rotatable bonds is 73. The van der Waals surface area contributed by atoms with Crippen LogP contribution in [0.5, 0.6) is 0 Å². The Morgan fingerprint density at radius 3 is 0.537 bits per heavy atom. The fourth-order valence-electron chi connectivity index (χ4n) is 12.0. The van der Waals surface area contributed by atoms with Crippen LogP contribution in [0.15, 0.2) is 0 Å². The van der Waals surface area contributed by atoms with Crippen molar-refractivity contribution in [3.63, 3.8) is 0 Å². The highest BCUT2D eigenvalue weighted by Crippen LogP contribution is 2.21. The van der Waals surface area contributed by atoms with Crippen LogP contribution in [0.1, 0.15) is 420 Å². The van der Waals surface area contributed by atoms with Gasteiger partial charge in [0, 0.05) is 26.4 Å². The minimum atomic E-state index is -0.740. The molecule has 0 aromatic carbocycles. The van der Waals surface area contributed by atoms with Crippen LogP contribution < -0.4 is 0 Å². The molecule has 3 atom stereocenters. The molecule has 0 aliphatic carbocycles. The first-order valence-corrected chi connectivity index (χ1v) is 37.5. The summed E-state index contributed by atoms with van der Waals surface area (Å²) in [6.07, 6.45) is 80.1. The van der Waals surface area contributed by atoms with Crippen LogP contribution in [0.2, 0.25) is 0 Å². The first-order chi connectivity index (χ1) is 39.6. The van der Waals surface area contributed by atoms with Gasteiger partial charge in [0.15, 0.2) is 0 Å². The molecule has 0 spiro atoms. The summed E-state index contributed by atoms with van der Waals surface area (Å²) in [7, 11) is 0. The second kappa shape index (κ2) is 71.2. The summed E-state index contributed by atoms with van der Waals surface area (Å²) in [5.41, 5.74) is 0. The van der Waals surface area contributed by atoms with Gasteiger partial charge in [-0.1, -0.05) is 387 Å². The largest absolute Gasteiger partial charge is 0.379 e. The van der Waals surface area contributed by atoms with Crippen molar-refractivity contribution in [3.05, 3.63) is 0 Å². The fourth-order valence-corrected chi connectivity index (χ4v) is 12.0. The second-order valence-electron chi connectivity index (χ2n) is 25.7. The van der Waals surface area contributed by atoms with Gasteiger partial charge in [0.25, 0.3) is 0 Å². The average molecular weight is 1140 g/mol. The van der Waals surface area contributed by atoms with Crippen LogP contribution >= 0.6 is 0 Å². The fraction of sp³-hybridized carbons (Fsp3) is 1.00. The number of hydrogen-bond donors (Lipinski definition) is 1. The molecular formula is C74H151NO5. The van der Waals surface area contributed by atoms with E-state index in [2.05, 4.69) is 32.6 Å². The summed E-state index contributed by atoms with van der Waals surface area (Å²) in [6.45, 7) is 14.8. The number of unbranched alkanes of at least 4 members (excludes halogenated alkanes) is 56. The van der Waals surface area contributed by atoms with Crippen LogP contribution in [0, 0.1) is 0 Å². The predicted octanol–water partition coefficient (Wildman–Crippen LogP) is 24.8. The molecule has 0 heterocycles. The number of aliphatic hydroxyl groups excluding tert-OH is 1. The van der Waals surface area contributed by atoms with Gasteiger partial charge in [0.2, 0.25) is 0 Å². The molecule has 0 saturated heterocycles. The monoisotopic (exact) mass is 1130 g/mol. The van der Waals surface area contributed by atoms with Crippen molar-refractivity contribution in [1.29, 1.82) is 0 Å². The zero-order chi connectivity index (χ0) is 57.8. The molecule has 0 radical (unpaired) electrons. The molecule has 0 aliphatic heterocycles. The summed E-state index contributed by atoms with van der Waals surface area (Å²) in [5.74, 6) is 0. The lowest BCUT2D eigenvalue weighted by molar-refractivity contribution is -0.233. The van der Waals surface area contributed by atoms with Crippen molar-refractivity contribution < 1.29 is 24.1 Å². The smallest absolute Gasteiger partial charge is 0.138 e. The Balaban J connectivity index is 5.22. The molecule has 0 aromatic heterocycles.